The van der Waals surface area contributed by atoms with Gasteiger partial charge in [0.2, 0.25) is 0 Å². The Morgan fingerprint density at radius 2 is 1.00 bits per heavy atom. The zero-order valence-electron chi connectivity index (χ0n) is 26.5. The van der Waals surface area contributed by atoms with Gasteiger partial charge in [0.15, 0.2) is 5.58 Å². The van der Waals surface area contributed by atoms with Crippen LogP contribution in [0.4, 0.5) is 17.1 Å². The third-order valence-electron chi connectivity index (χ3n) is 9.67. The molecule has 0 unspecified atom stereocenters. The summed E-state index contributed by atoms with van der Waals surface area (Å²) in [6.07, 6.45) is 0. The first-order valence-electron chi connectivity index (χ1n) is 16.6. The molecule has 2 heterocycles. The van der Waals surface area contributed by atoms with Crippen LogP contribution in [0.5, 0.6) is 0 Å². The molecule has 0 aliphatic rings. The van der Waals surface area contributed by atoms with E-state index in [1.165, 1.54) is 16.3 Å². The second-order valence-corrected chi connectivity index (χ2v) is 12.5. The highest BCUT2D eigenvalue weighted by molar-refractivity contribution is 6.12. The molecule has 0 atom stereocenters. The molecule has 0 spiro atoms. The van der Waals surface area contributed by atoms with Crippen LogP contribution in [0.25, 0.3) is 76.9 Å². The maximum absolute atomic E-state index is 6.70. The van der Waals surface area contributed by atoms with E-state index in [9.17, 15) is 0 Å². The van der Waals surface area contributed by atoms with Gasteiger partial charge in [-0.05, 0) is 63.9 Å². The fourth-order valence-corrected chi connectivity index (χ4v) is 7.39. The van der Waals surface area contributed by atoms with Crippen LogP contribution in [-0.2, 0) is 0 Å². The summed E-state index contributed by atoms with van der Waals surface area (Å²) in [7, 11) is 0. The van der Waals surface area contributed by atoms with Crippen LogP contribution in [0.1, 0.15) is 0 Å². The molecule has 0 amide bonds. The van der Waals surface area contributed by atoms with E-state index in [2.05, 4.69) is 157 Å². The lowest BCUT2D eigenvalue weighted by Crippen LogP contribution is -2.12. The molecule has 49 heavy (non-hydrogen) atoms. The molecule has 8 aromatic carbocycles. The average molecular weight is 628 g/mol. The summed E-state index contributed by atoms with van der Waals surface area (Å²) in [5.74, 6) is 0. The van der Waals surface area contributed by atoms with Gasteiger partial charge in [-0.2, -0.15) is 0 Å². The quantitative estimate of drug-likeness (QED) is 0.190. The Morgan fingerprint density at radius 3 is 1.86 bits per heavy atom. The summed E-state index contributed by atoms with van der Waals surface area (Å²) in [5, 5.41) is 6.81. The number of furan rings is 2. The molecule has 0 bridgehead atoms. The zero-order valence-corrected chi connectivity index (χ0v) is 26.5. The van der Waals surface area contributed by atoms with Crippen molar-refractivity contribution in [1.29, 1.82) is 0 Å². The van der Waals surface area contributed by atoms with Gasteiger partial charge in [0.25, 0.3) is 0 Å². The van der Waals surface area contributed by atoms with Gasteiger partial charge in [0.1, 0.15) is 16.7 Å². The van der Waals surface area contributed by atoms with Crippen molar-refractivity contribution in [2.24, 2.45) is 0 Å². The molecular weight excluding hydrogens is 599 g/mol. The topological polar surface area (TPSA) is 29.5 Å². The zero-order chi connectivity index (χ0) is 32.3. The van der Waals surface area contributed by atoms with Crippen LogP contribution in [-0.4, -0.2) is 0 Å². The highest BCUT2D eigenvalue weighted by Gasteiger charge is 2.24. The molecular formula is C46H29NO2. The van der Waals surface area contributed by atoms with Crippen LogP contribution in [0, 0.1) is 0 Å². The lowest BCUT2D eigenvalue weighted by atomic mass is 9.94. The Kier molecular flexibility index (Phi) is 6.18. The molecule has 0 saturated heterocycles. The van der Waals surface area contributed by atoms with Crippen LogP contribution >= 0.6 is 0 Å². The molecule has 3 heteroatoms. The van der Waals surface area contributed by atoms with Gasteiger partial charge in [0.05, 0.1) is 17.1 Å². The summed E-state index contributed by atoms with van der Waals surface area (Å²) in [5.41, 5.74) is 11.0. The summed E-state index contributed by atoms with van der Waals surface area (Å²) >= 11 is 0. The first-order chi connectivity index (χ1) is 24.3. The van der Waals surface area contributed by atoms with Crippen LogP contribution in [0.2, 0.25) is 0 Å². The molecule has 10 rings (SSSR count). The van der Waals surface area contributed by atoms with Gasteiger partial charge in [-0.1, -0.05) is 133 Å². The molecule has 10 aromatic rings. The molecule has 2 aromatic heterocycles. The van der Waals surface area contributed by atoms with Gasteiger partial charge in [0, 0.05) is 33.2 Å². The van der Waals surface area contributed by atoms with E-state index in [0.29, 0.717) is 0 Å². The Hall–Kier alpha value is -6.58. The second kappa shape index (κ2) is 11.0. The number of benzene rings is 8. The van der Waals surface area contributed by atoms with Gasteiger partial charge in [-0.25, -0.2) is 0 Å². The second-order valence-electron chi connectivity index (χ2n) is 12.5. The summed E-state index contributed by atoms with van der Waals surface area (Å²) < 4.78 is 13.2. The van der Waals surface area contributed by atoms with Gasteiger partial charge in [-0.15, -0.1) is 0 Å². The molecule has 0 aliphatic heterocycles. The molecule has 0 fully saturated rings. The summed E-state index contributed by atoms with van der Waals surface area (Å²) in [6.45, 7) is 0. The van der Waals surface area contributed by atoms with E-state index in [1.54, 1.807) is 0 Å². The van der Waals surface area contributed by atoms with E-state index in [-0.39, 0.29) is 0 Å². The molecule has 0 saturated carbocycles. The standard InChI is InChI=1S/C46H29NO2/c1-2-12-31(13-3-1)36-26-24-32(35-19-10-15-30-14-4-5-16-34(30)35)28-42(36)47(33-25-27-39-37-17-6-8-22-43(37)48-45(39)29-33)41-21-11-20-40-38-18-7-9-23-44(38)49-46(40)41/h1-29H. The van der Waals surface area contributed by atoms with E-state index >= 15 is 0 Å². The minimum atomic E-state index is 0.836. The number of anilines is 3. The van der Waals surface area contributed by atoms with E-state index < -0.39 is 0 Å². The lowest BCUT2D eigenvalue weighted by molar-refractivity contribution is 0.667. The monoisotopic (exact) mass is 627 g/mol. The normalized spacial score (nSPS) is 11.7. The van der Waals surface area contributed by atoms with Crippen LogP contribution in [0.3, 0.4) is 0 Å². The molecule has 0 radical (unpaired) electrons. The van der Waals surface area contributed by atoms with Gasteiger partial charge in [-0.3, -0.25) is 0 Å². The number of para-hydroxylation sites is 3. The fraction of sp³-hybridized carbons (Fsp3) is 0. The van der Waals surface area contributed by atoms with Crippen LogP contribution < -0.4 is 4.90 Å². The number of hydrogen-bond donors (Lipinski definition) is 0. The SMILES string of the molecule is c1ccc(-c2ccc(-c3cccc4ccccc34)cc2N(c2ccc3c(c2)oc2ccccc23)c2cccc3c2oc2ccccc23)cc1. The van der Waals surface area contributed by atoms with Crippen molar-refractivity contribution in [3.05, 3.63) is 176 Å². The van der Waals surface area contributed by atoms with E-state index in [1.807, 2.05) is 24.3 Å². The number of fused-ring (bicyclic) bond motifs is 7. The first kappa shape index (κ1) is 27.5. The van der Waals surface area contributed by atoms with Crippen LogP contribution in [0.15, 0.2) is 185 Å². The summed E-state index contributed by atoms with van der Waals surface area (Å²) in [6, 6.07) is 62.1. The highest BCUT2D eigenvalue weighted by atomic mass is 16.3. The maximum atomic E-state index is 6.70. The number of nitrogens with zero attached hydrogens (tertiary/aromatic N) is 1. The molecule has 0 N–H and O–H groups in total. The van der Waals surface area contributed by atoms with Crippen molar-refractivity contribution in [2.75, 3.05) is 4.90 Å². The predicted octanol–water partition coefficient (Wildman–Crippen LogP) is 13.4. The molecule has 0 aliphatic carbocycles. The molecule has 3 nitrogen and oxygen atoms in total. The van der Waals surface area contributed by atoms with Gasteiger partial charge < -0.3 is 13.7 Å². The predicted molar refractivity (Wildman–Crippen MR) is 204 cm³/mol. The Bertz CT molecular complexity index is 2840. The van der Waals surface area contributed by atoms with Gasteiger partial charge >= 0.3 is 0 Å². The largest absolute Gasteiger partial charge is 0.456 e. The summed E-state index contributed by atoms with van der Waals surface area (Å²) in [4.78, 5) is 2.34. The van der Waals surface area contributed by atoms with Crippen molar-refractivity contribution >= 4 is 71.7 Å². The van der Waals surface area contributed by atoms with Crippen molar-refractivity contribution in [3.8, 4) is 22.3 Å². The van der Waals surface area contributed by atoms with Crippen molar-refractivity contribution in [3.63, 3.8) is 0 Å². The molecule has 230 valence electrons. The smallest absolute Gasteiger partial charge is 0.159 e. The third-order valence-corrected chi connectivity index (χ3v) is 9.67. The maximum Gasteiger partial charge on any atom is 0.159 e. The van der Waals surface area contributed by atoms with E-state index in [4.69, 9.17) is 8.83 Å². The minimum Gasteiger partial charge on any atom is -0.456 e. The third kappa shape index (κ3) is 4.44. The van der Waals surface area contributed by atoms with E-state index in [0.717, 1.165) is 77.6 Å². The Balaban J connectivity index is 1.30. The van der Waals surface area contributed by atoms with Crippen molar-refractivity contribution in [2.45, 2.75) is 0 Å². The van der Waals surface area contributed by atoms with Crippen molar-refractivity contribution in [1.82, 2.24) is 0 Å². The fourth-order valence-electron chi connectivity index (χ4n) is 7.39. The lowest BCUT2D eigenvalue weighted by Gasteiger charge is -2.28. The van der Waals surface area contributed by atoms with Crippen molar-refractivity contribution < 1.29 is 8.83 Å². The number of rotatable bonds is 5. The Labute approximate surface area is 282 Å². The Morgan fingerprint density at radius 1 is 0.347 bits per heavy atom. The average Bonchev–Trinajstić information content (AvgIpc) is 3.74. The highest BCUT2D eigenvalue weighted by Crippen LogP contribution is 2.47. The number of hydrogen-bond acceptors (Lipinski definition) is 3. The minimum absolute atomic E-state index is 0.836. The first-order valence-corrected chi connectivity index (χ1v) is 16.6.